The van der Waals surface area contributed by atoms with E-state index in [0.717, 1.165) is 10.2 Å². The number of hydrogen-bond donors (Lipinski definition) is 1. The molecule has 0 saturated carbocycles. The summed E-state index contributed by atoms with van der Waals surface area (Å²) < 4.78 is 7.49. The summed E-state index contributed by atoms with van der Waals surface area (Å²) in [5, 5.41) is 3.54. The molecule has 4 aromatic rings. The molecule has 0 aliphatic heterocycles. The third-order valence-corrected chi connectivity index (χ3v) is 5.23. The maximum Gasteiger partial charge on any atom is 0.336 e. The van der Waals surface area contributed by atoms with Gasteiger partial charge < -0.3 is 14.3 Å². The predicted molar refractivity (Wildman–Crippen MR) is 103 cm³/mol. The number of rotatable bonds is 4. The van der Waals surface area contributed by atoms with Gasteiger partial charge in [0.1, 0.15) is 5.58 Å². The number of nitrogens with one attached hydrogen (secondary N) is 1. The molecule has 0 aliphatic carbocycles. The number of fused-ring (bicyclic) bond motifs is 2. The minimum Gasteiger partial charge on any atom is -0.422 e. The number of carbonyl (C=O) groups excluding carboxylic acids is 1. The number of benzene rings is 1. The second-order valence-corrected chi connectivity index (χ2v) is 7.08. The van der Waals surface area contributed by atoms with Crippen molar-refractivity contribution in [3.05, 3.63) is 73.9 Å². The van der Waals surface area contributed by atoms with Gasteiger partial charge in [0.2, 0.25) is 0 Å². The second-order valence-electron chi connectivity index (χ2n) is 6.04. The Hall–Kier alpha value is -3.26. The van der Waals surface area contributed by atoms with Crippen LogP contribution in [0.15, 0.2) is 56.6 Å². The lowest BCUT2D eigenvalue weighted by molar-refractivity contribution is 0.0952. The molecule has 4 rings (SSSR count). The van der Waals surface area contributed by atoms with Gasteiger partial charge in [0.25, 0.3) is 11.5 Å². The Morgan fingerprint density at radius 1 is 1.26 bits per heavy atom. The standard InChI is InChI=1S/C19H15N3O4S/c1-11-10-15(23)26-13-6-8-22(19(25)16(11)13)9-7-20-17(24)18-21-12-4-2-3-5-14(12)27-18/h2-6,8,10H,7,9H2,1H3,(H,20,24). The van der Waals surface area contributed by atoms with Crippen LogP contribution in [0.4, 0.5) is 0 Å². The van der Waals surface area contributed by atoms with Crippen LogP contribution < -0.4 is 16.5 Å². The normalized spacial score (nSPS) is 11.1. The Labute approximate surface area is 156 Å². The fraction of sp³-hybridized carbons (Fsp3) is 0.158. The van der Waals surface area contributed by atoms with E-state index in [1.807, 2.05) is 24.3 Å². The van der Waals surface area contributed by atoms with Gasteiger partial charge in [0.15, 0.2) is 5.01 Å². The Morgan fingerprint density at radius 2 is 2.07 bits per heavy atom. The summed E-state index contributed by atoms with van der Waals surface area (Å²) in [6.07, 6.45) is 1.55. The van der Waals surface area contributed by atoms with Gasteiger partial charge in [-0.1, -0.05) is 12.1 Å². The molecule has 0 unspecified atom stereocenters. The highest BCUT2D eigenvalue weighted by Gasteiger charge is 2.12. The quantitative estimate of drug-likeness (QED) is 0.585. The van der Waals surface area contributed by atoms with Crippen LogP contribution in [-0.2, 0) is 6.54 Å². The van der Waals surface area contributed by atoms with Gasteiger partial charge in [-0.2, -0.15) is 0 Å². The molecule has 0 atom stereocenters. The van der Waals surface area contributed by atoms with E-state index in [1.54, 1.807) is 19.2 Å². The molecule has 27 heavy (non-hydrogen) atoms. The van der Waals surface area contributed by atoms with Crippen LogP contribution in [0.3, 0.4) is 0 Å². The maximum absolute atomic E-state index is 12.6. The Kier molecular flexibility index (Phi) is 4.33. The minimum absolute atomic E-state index is 0.261. The number of nitrogens with zero attached hydrogens (tertiary/aromatic N) is 2. The molecule has 0 fully saturated rings. The van der Waals surface area contributed by atoms with Gasteiger partial charge in [0, 0.05) is 25.4 Å². The summed E-state index contributed by atoms with van der Waals surface area (Å²) in [7, 11) is 0. The molecule has 1 N–H and O–H groups in total. The third kappa shape index (κ3) is 3.26. The van der Waals surface area contributed by atoms with Gasteiger partial charge >= 0.3 is 5.63 Å². The first-order valence-corrected chi connectivity index (χ1v) is 9.12. The first-order valence-electron chi connectivity index (χ1n) is 8.30. The molecular formula is C19H15N3O4S. The van der Waals surface area contributed by atoms with Gasteiger partial charge in [-0.3, -0.25) is 9.59 Å². The minimum atomic E-state index is -0.486. The molecule has 3 heterocycles. The highest BCUT2D eigenvalue weighted by molar-refractivity contribution is 7.20. The number of aryl methyl sites for hydroxylation is 1. The van der Waals surface area contributed by atoms with Crippen molar-refractivity contribution in [2.24, 2.45) is 0 Å². The molecule has 3 aromatic heterocycles. The van der Waals surface area contributed by atoms with E-state index in [2.05, 4.69) is 10.3 Å². The number of pyridine rings is 1. The molecule has 1 amide bonds. The van der Waals surface area contributed by atoms with Crippen LogP contribution in [0.5, 0.6) is 0 Å². The van der Waals surface area contributed by atoms with Crippen molar-refractivity contribution in [3.63, 3.8) is 0 Å². The summed E-state index contributed by atoms with van der Waals surface area (Å²) in [6.45, 7) is 2.26. The molecule has 1 aromatic carbocycles. The molecule has 0 bridgehead atoms. The summed E-state index contributed by atoms with van der Waals surface area (Å²) in [4.78, 5) is 40.6. The van der Waals surface area contributed by atoms with Gasteiger partial charge in [-0.15, -0.1) is 11.3 Å². The van der Waals surface area contributed by atoms with Crippen molar-refractivity contribution in [2.45, 2.75) is 13.5 Å². The van der Waals surface area contributed by atoms with E-state index in [0.29, 0.717) is 22.5 Å². The fourth-order valence-corrected chi connectivity index (χ4v) is 3.79. The van der Waals surface area contributed by atoms with Crippen LogP contribution in [0.25, 0.3) is 21.2 Å². The van der Waals surface area contributed by atoms with E-state index < -0.39 is 5.63 Å². The van der Waals surface area contributed by atoms with E-state index in [-0.39, 0.29) is 23.6 Å². The van der Waals surface area contributed by atoms with Crippen molar-refractivity contribution >= 4 is 38.4 Å². The first-order chi connectivity index (χ1) is 13.0. The van der Waals surface area contributed by atoms with Crippen LogP contribution in [0.2, 0.25) is 0 Å². The Morgan fingerprint density at radius 3 is 2.89 bits per heavy atom. The first kappa shape index (κ1) is 17.2. The molecule has 8 heteroatoms. The molecule has 136 valence electrons. The second kappa shape index (κ2) is 6.81. The average Bonchev–Trinajstić information content (AvgIpc) is 3.07. The highest BCUT2D eigenvalue weighted by Crippen LogP contribution is 2.21. The summed E-state index contributed by atoms with van der Waals surface area (Å²) >= 11 is 1.33. The van der Waals surface area contributed by atoms with Crippen molar-refractivity contribution < 1.29 is 9.21 Å². The summed E-state index contributed by atoms with van der Waals surface area (Å²) in [5.41, 5.74) is 0.873. The predicted octanol–water partition coefficient (Wildman–Crippen LogP) is 2.30. The SMILES string of the molecule is Cc1cc(=O)oc2ccn(CCNC(=O)c3nc4ccccc4s3)c(=O)c12. The van der Waals surface area contributed by atoms with Gasteiger partial charge in [-0.05, 0) is 30.7 Å². The molecule has 0 saturated heterocycles. The van der Waals surface area contributed by atoms with E-state index >= 15 is 0 Å². The van der Waals surface area contributed by atoms with Crippen LogP contribution >= 0.6 is 11.3 Å². The van der Waals surface area contributed by atoms with E-state index in [4.69, 9.17) is 4.42 Å². The lowest BCUT2D eigenvalue weighted by atomic mass is 10.2. The third-order valence-electron chi connectivity index (χ3n) is 4.19. The van der Waals surface area contributed by atoms with Crippen LogP contribution in [0.1, 0.15) is 15.4 Å². The van der Waals surface area contributed by atoms with Crippen molar-refractivity contribution in [1.82, 2.24) is 14.9 Å². The lowest BCUT2D eigenvalue weighted by Crippen LogP contribution is -2.30. The summed E-state index contributed by atoms with van der Waals surface area (Å²) in [6, 6.07) is 10.4. The van der Waals surface area contributed by atoms with Gasteiger partial charge in [0.05, 0.1) is 15.6 Å². The monoisotopic (exact) mass is 381 g/mol. The highest BCUT2D eigenvalue weighted by atomic mass is 32.1. The zero-order valence-corrected chi connectivity index (χ0v) is 15.2. The number of hydrogen-bond acceptors (Lipinski definition) is 6. The zero-order valence-electron chi connectivity index (χ0n) is 14.4. The largest absolute Gasteiger partial charge is 0.422 e. The molecule has 7 nitrogen and oxygen atoms in total. The average molecular weight is 381 g/mol. The maximum atomic E-state index is 12.6. The Bertz CT molecular complexity index is 1250. The zero-order chi connectivity index (χ0) is 19.0. The van der Waals surface area contributed by atoms with Crippen LogP contribution in [-0.4, -0.2) is 22.0 Å². The van der Waals surface area contributed by atoms with E-state index in [1.165, 1.54) is 22.0 Å². The van der Waals surface area contributed by atoms with Gasteiger partial charge in [-0.25, -0.2) is 9.78 Å². The number of thiazole rings is 1. The number of carbonyl (C=O) groups is 1. The van der Waals surface area contributed by atoms with Crippen LogP contribution in [0, 0.1) is 6.92 Å². The fourth-order valence-electron chi connectivity index (χ4n) is 2.90. The Balaban J connectivity index is 1.50. The van der Waals surface area contributed by atoms with Crippen molar-refractivity contribution in [2.75, 3.05) is 6.54 Å². The van der Waals surface area contributed by atoms with Crippen molar-refractivity contribution in [1.29, 1.82) is 0 Å². The van der Waals surface area contributed by atoms with Crippen molar-refractivity contribution in [3.8, 4) is 0 Å². The topological polar surface area (TPSA) is 94.2 Å². The number of aromatic nitrogens is 2. The summed E-state index contributed by atoms with van der Waals surface area (Å²) in [5.74, 6) is -0.271. The molecule has 0 radical (unpaired) electrons. The number of para-hydroxylation sites is 1. The molecule has 0 aliphatic rings. The molecular weight excluding hydrogens is 366 g/mol. The molecule has 0 spiro atoms. The lowest BCUT2D eigenvalue weighted by Gasteiger charge is -2.08. The number of amides is 1. The smallest absolute Gasteiger partial charge is 0.336 e. The van der Waals surface area contributed by atoms with E-state index in [9.17, 15) is 14.4 Å².